The number of Topliss-reactive ketones (excluding diaryl/α,β-unsaturated/α-hetero) is 1. The minimum Gasteiger partial charge on any atom is -0.507 e. The first-order valence-corrected chi connectivity index (χ1v) is 11.7. The zero-order chi connectivity index (χ0) is 23.3. The number of ketones is 1. The number of aliphatic hydroxyl groups excluding tert-OH is 1. The lowest BCUT2D eigenvalue weighted by atomic mass is 9.95. The third kappa shape index (κ3) is 5.05. The van der Waals surface area contributed by atoms with Gasteiger partial charge in [-0.05, 0) is 62.0 Å². The molecule has 1 N–H and O–H groups in total. The summed E-state index contributed by atoms with van der Waals surface area (Å²) < 4.78 is 6.36. The molecule has 3 rings (SSSR count). The van der Waals surface area contributed by atoms with E-state index < -0.39 is 17.7 Å². The lowest BCUT2D eigenvalue weighted by molar-refractivity contribution is -0.140. The van der Waals surface area contributed by atoms with Crippen LogP contribution >= 0.6 is 15.9 Å². The van der Waals surface area contributed by atoms with Gasteiger partial charge in [0.15, 0.2) is 0 Å². The Morgan fingerprint density at radius 3 is 2.22 bits per heavy atom. The van der Waals surface area contributed by atoms with Gasteiger partial charge in [-0.2, -0.15) is 0 Å². The number of aliphatic hydroxyl groups is 1. The highest BCUT2D eigenvalue weighted by atomic mass is 79.9. The van der Waals surface area contributed by atoms with Crippen molar-refractivity contribution in [2.24, 2.45) is 0 Å². The van der Waals surface area contributed by atoms with Crippen molar-refractivity contribution in [3.8, 4) is 5.75 Å². The Hall–Kier alpha value is -2.64. The van der Waals surface area contributed by atoms with Gasteiger partial charge in [0.05, 0.1) is 18.2 Å². The van der Waals surface area contributed by atoms with E-state index in [-0.39, 0.29) is 11.3 Å². The average molecular weight is 501 g/mol. The van der Waals surface area contributed by atoms with Gasteiger partial charge in [-0.3, -0.25) is 9.59 Å². The Morgan fingerprint density at radius 1 is 1.03 bits per heavy atom. The number of amides is 1. The fraction of sp³-hybridized carbons (Fsp3) is 0.360. The van der Waals surface area contributed by atoms with Crippen molar-refractivity contribution >= 4 is 33.4 Å². The Bertz CT molecular complexity index is 982. The second-order valence-electron chi connectivity index (χ2n) is 7.53. The molecule has 1 heterocycles. The number of nitrogens with zero attached hydrogens (tertiary/aromatic N) is 2. The molecule has 2 aromatic carbocycles. The molecule has 1 aliphatic rings. The summed E-state index contributed by atoms with van der Waals surface area (Å²) in [6, 6.07) is 13.7. The molecule has 1 aliphatic heterocycles. The summed E-state index contributed by atoms with van der Waals surface area (Å²) in [6.07, 6.45) is 0. The van der Waals surface area contributed by atoms with Gasteiger partial charge in [0.2, 0.25) is 0 Å². The van der Waals surface area contributed by atoms with E-state index in [0.29, 0.717) is 31.0 Å². The fourth-order valence-corrected chi connectivity index (χ4v) is 4.19. The summed E-state index contributed by atoms with van der Waals surface area (Å²) in [5, 5.41) is 11.1. The van der Waals surface area contributed by atoms with Crippen LogP contribution in [0, 0.1) is 0 Å². The van der Waals surface area contributed by atoms with Gasteiger partial charge in [0, 0.05) is 23.1 Å². The van der Waals surface area contributed by atoms with Crippen LogP contribution < -0.4 is 4.74 Å². The van der Waals surface area contributed by atoms with Crippen molar-refractivity contribution in [1.29, 1.82) is 0 Å². The summed E-state index contributed by atoms with van der Waals surface area (Å²) in [4.78, 5) is 29.9. The van der Waals surface area contributed by atoms with Crippen LogP contribution in [-0.2, 0) is 9.59 Å². The van der Waals surface area contributed by atoms with E-state index in [2.05, 4.69) is 34.7 Å². The van der Waals surface area contributed by atoms with Crippen LogP contribution in [0.5, 0.6) is 5.75 Å². The van der Waals surface area contributed by atoms with E-state index >= 15 is 0 Å². The van der Waals surface area contributed by atoms with Crippen LogP contribution in [-0.4, -0.2) is 59.4 Å². The lowest BCUT2D eigenvalue weighted by Crippen LogP contribution is -2.38. The first-order chi connectivity index (χ1) is 15.4. The Balaban J connectivity index is 2.05. The zero-order valence-electron chi connectivity index (χ0n) is 18.7. The number of rotatable bonds is 9. The molecule has 1 atom stereocenters. The summed E-state index contributed by atoms with van der Waals surface area (Å²) in [6.45, 7) is 9.32. The quantitative estimate of drug-likeness (QED) is 0.309. The smallest absolute Gasteiger partial charge is 0.295 e. The number of ether oxygens (including phenoxy) is 1. The minimum atomic E-state index is -0.663. The molecule has 1 amide bonds. The van der Waals surface area contributed by atoms with E-state index in [1.165, 1.54) is 0 Å². The molecule has 6 nitrogen and oxygen atoms in total. The minimum absolute atomic E-state index is 0.112. The largest absolute Gasteiger partial charge is 0.507 e. The summed E-state index contributed by atoms with van der Waals surface area (Å²) >= 11 is 3.43. The van der Waals surface area contributed by atoms with Crippen molar-refractivity contribution in [3.05, 3.63) is 69.7 Å². The molecule has 1 saturated heterocycles. The monoisotopic (exact) mass is 500 g/mol. The molecule has 32 heavy (non-hydrogen) atoms. The van der Waals surface area contributed by atoms with Crippen LogP contribution in [0.25, 0.3) is 5.76 Å². The summed E-state index contributed by atoms with van der Waals surface area (Å²) in [5.41, 5.74) is 1.36. The van der Waals surface area contributed by atoms with Crippen molar-refractivity contribution < 1.29 is 19.4 Å². The van der Waals surface area contributed by atoms with Gasteiger partial charge in [-0.1, -0.05) is 41.9 Å². The molecule has 1 unspecified atom stereocenters. The maximum Gasteiger partial charge on any atom is 0.295 e. The van der Waals surface area contributed by atoms with Gasteiger partial charge in [-0.15, -0.1) is 0 Å². The molecular formula is C25H29BrN2O4. The molecule has 2 aromatic rings. The molecular weight excluding hydrogens is 472 g/mol. The van der Waals surface area contributed by atoms with Gasteiger partial charge >= 0.3 is 0 Å². The molecule has 170 valence electrons. The van der Waals surface area contributed by atoms with Gasteiger partial charge in [0.25, 0.3) is 11.7 Å². The van der Waals surface area contributed by atoms with E-state index in [1.54, 1.807) is 29.2 Å². The lowest BCUT2D eigenvalue weighted by Gasteiger charge is -2.28. The predicted molar refractivity (Wildman–Crippen MR) is 129 cm³/mol. The second kappa shape index (κ2) is 10.8. The molecule has 0 aliphatic carbocycles. The third-order valence-electron chi connectivity index (χ3n) is 5.72. The molecule has 0 saturated carbocycles. The number of benzene rings is 2. The summed E-state index contributed by atoms with van der Waals surface area (Å²) in [5.74, 6) is -0.751. The maximum atomic E-state index is 13.1. The highest BCUT2D eigenvalue weighted by Gasteiger charge is 2.45. The first-order valence-electron chi connectivity index (χ1n) is 10.9. The number of halogens is 1. The van der Waals surface area contributed by atoms with Gasteiger partial charge in [-0.25, -0.2) is 0 Å². The number of carbonyl (C=O) groups is 2. The third-order valence-corrected chi connectivity index (χ3v) is 6.24. The van der Waals surface area contributed by atoms with Crippen LogP contribution in [0.1, 0.15) is 37.9 Å². The normalized spacial score (nSPS) is 17.9. The SMILES string of the molecule is CCOc1ccc(/C(O)=C2/C(=O)C(=O)N(CCN(CC)CC)C2c2ccc(Br)cc2)cc1. The topological polar surface area (TPSA) is 70.1 Å². The summed E-state index contributed by atoms with van der Waals surface area (Å²) in [7, 11) is 0. The van der Waals surface area contributed by atoms with Crippen molar-refractivity contribution in [2.75, 3.05) is 32.8 Å². The highest BCUT2D eigenvalue weighted by molar-refractivity contribution is 9.10. The number of likely N-dealkylation sites (N-methyl/N-ethyl adjacent to an activating group) is 1. The number of carbonyl (C=O) groups excluding carboxylic acids is 2. The van der Waals surface area contributed by atoms with Crippen molar-refractivity contribution in [3.63, 3.8) is 0 Å². The molecule has 0 bridgehead atoms. The number of hydrogen-bond acceptors (Lipinski definition) is 5. The first kappa shape index (κ1) is 24.0. The zero-order valence-corrected chi connectivity index (χ0v) is 20.3. The second-order valence-corrected chi connectivity index (χ2v) is 8.44. The van der Waals surface area contributed by atoms with Crippen LogP contribution in [0.4, 0.5) is 0 Å². The Labute approximate surface area is 197 Å². The maximum absolute atomic E-state index is 13.1. The Morgan fingerprint density at radius 2 is 1.66 bits per heavy atom. The molecule has 0 aromatic heterocycles. The predicted octanol–water partition coefficient (Wildman–Crippen LogP) is 4.61. The number of likely N-dealkylation sites (tertiary alicyclic amines) is 1. The van der Waals surface area contributed by atoms with Gasteiger partial charge < -0.3 is 19.6 Å². The highest BCUT2D eigenvalue weighted by Crippen LogP contribution is 2.39. The van der Waals surface area contributed by atoms with Crippen LogP contribution in [0.2, 0.25) is 0 Å². The van der Waals surface area contributed by atoms with Crippen LogP contribution in [0.3, 0.4) is 0 Å². The number of hydrogen-bond donors (Lipinski definition) is 1. The van der Waals surface area contributed by atoms with Crippen molar-refractivity contribution in [1.82, 2.24) is 9.80 Å². The molecule has 0 radical (unpaired) electrons. The van der Waals surface area contributed by atoms with E-state index in [0.717, 1.165) is 23.1 Å². The average Bonchev–Trinajstić information content (AvgIpc) is 3.05. The van der Waals surface area contributed by atoms with Crippen LogP contribution in [0.15, 0.2) is 58.6 Å². The van der Waals surface area contributed by atoms with E-state index in [4.69, 9.17) is 4.74 Å². The van der Waals surface area contributed by atoms with E-state index in [1.807, 2.05) is 31.2 Å². The molecule has 7 heteroatoms. The van der Waals surface area contributed by atoms with Gasteiger partial charge in [0.1, 0.15) is 11.5 Å². The molecule has 0 spiro atoms. The van der Waals surface area contributed by atoms with Crippen molar-refractivity contribution in [2.45, 2.75) is 26.8 Å². The molecule has 1 fully saturated rings. The standard InChI is InChI=1S/C25H29BrN2O4/c1-4-27(5-2)15-16-28-22(17-7-11-19(26)12-8-17)21(24(30)25(28)31)23(29)18-9-13-20(14-10-18)32-6-3/h7-14,22,29H,4-6,15-16H2,1-3H3/b23-21-. The van der Waals surface area contributed by atoms with E-state index in [9.17, 15) is 14.7 Å². The fourth-order valence-electron chi connectivity index (χ4n) is 3.92. The Kier molecular flexibility index (Phi) is 8.10.